The second-order valence-electron chi connectivity index (χ2n) is 8.97. The summed E-state index contributed by atoms with van der Waals surface area (Å²) in [5.74, 6) is 0. The number of aryl methyl sites for hydroxylation is 2. The van der Waals surface area contributed by atoms with Crippen LogP contribution >= 0.6 is 0 Å². The van der Waals surface area contributed by atoms with Gasteiger partial charge in [-0.1, -0.05) is 24.3 Å². The summed E-state index contributed by atoms with van der Waals surface area (Å²) in [6.45, 7) is 3.67. The molecular weight excluding hydrogens is 548 g/mol. The van der Waals surface area contributed by atoms with Crippen LogP contribution in [0.25, 0.3) is 11.1 Å². The lowest BCUT2D eigenvalue weighted by molar-refractivity contribution is -0.394. The standard InChI is InChI=1S/C28H20N6O8/c1-17-5-3-7-23(29-15-19-9-11-21(31(35)36)13-25(19)33(39)40)27(17)28-18(2)6-4-8-24(28)30-16-20-10-12-22(32(37)38)14-26(20)34(41)42/h3-16H,1-2H3. The highest BCUT2D eigenvalue weighted by molar-refractivity contribution is 5.95. The van der Waals surface area contributed by atoms with Gasteiger partial charge < -0.3 is 0 Å². The van der Waals surface area contributed by atoms with E-state index in [2.05, 4.69) is 9.98 Å². The second kappa shape index (κ2) is 11.9. The predicted molar refractivity (Wildman–Crippen MR) is 155 cm³/mol. The summed E-state index contributed by atoms with van der Waals surface area (Å²) in [6.07, 6.45) is 2.50. The van der Waals surface area contributed by atoms with E-state index < -0.39 is 42.4 Å². The molecule has 42 heavy (non-hydrogen) atoms. The van der Waals surface area contributed by atoms with E-state index in [1.54, 1.807) is 24.3 Å². The fourth-order valence-electron chi connectivity index (χ4n) is 4.27. The molecule has 14 nitrogen and oxygen atoms in total. The van der Waals surface area contributed by atoms with Gasteiger partial charge in [-0.05, 0) is 49.2 Å². The molecule has 0 bridgehead atoms. The molecule has 0 heterocycles. The Hall–Kier alpha value is -6.18. The molecule has 0 aliphatic rings. The van der Waals surface area contributed by atoms with Crippen LogP contribution in [0.3, 0.4) is 0 Å². The third-order valence-electron chi connectivity index (χ3n) is 6.28. The van der Waals surface area contributed by atoms with Crippen LogP contribution in [-0.4, -0.2) is 32.1 Å². The van der Waals surface area contributed by atoms with Crippen molar-refractivity contribution in [3.05, 3.63) is 136 Å². The zero-order chi connectivity index (χ0) is 30.6. The molecule has 0 aliphatic heterocycles. The maximum absolute atomic E-state index is 11.6. The highest BCUT2D eigenvalue weighted by Crippen LogP contribution is 2.41. The molecule has 0 saturated carbocycles. The number of nitro groups is 4. The maximum Gasteiger partial charge on any atom is 0.285 e. The van der Waals surface area contributed by atoms with Gasteiger partial charge in [0.25, 0.3) is 22.7 Å². The molecule has 4 rings (SSSR count). The molecule has 0 atom stereocenters. The molecule has 0 radical (unpaired) electrons. The summed E-state index contributed by atoms with van der Waals surface area (Å²) >= 11 is 0. The van der Waals surface area contributed by atoms with Crippen molar-refractivity contribution in [2.24, 2.45) is 9.98 Å². The Morgan fingerprint density at radius 3 is 1.26 bits per heavy atom. The Morgan fingerprint density at radius 2 is 0.929 bits per heavy atom. The lowest BCUT2D eigenvalue weighted by Crippen LogP contribution is -1.97. The molecule has 0 aromatic heterocycles. The molecule has 0 spiro atoms. The van der Waals surface area contributed by atoms with Gasteiger partial charge >= 0.3 is 0 Å². The first-order chi connectivity index (χ1) is 20.0. The molecule has 0 fully saturated rings. The van der Waals surface area contributed by atoms with Gasteiger partial charge in [0.15, 0.2) is 0 Å². The Balaban J connectivity index is 1.83. The maximum atomic E-state index is 11.6. The van der Waals surface area contributed by atoms with Crippen molar-refractivity contribution < 1.29 is 19.7 Å². The number of nitrogens with zero attached hydrogens (tertiary/aromatic N) is 6. The minimum atomic E-state index is -0.725. The van der Waals surface area contributed by atoms with Crippen LogP contribution in [0.2, 0.25) is 0 Å². The zero-order valence-corrected chi connectivity index (χ0v) is 22.0. The molecule has 0 aliphatic carbocycles. The predicted octanol–water partition coefficient (Wildman–Crippen LogP) is 7.10. The number of nitro benzene ring substituents is 4. The Labute approximate surface area is 236 Å². The van der Waals surface area contributed by atoms with Crippen molar-refractivity contribution in [1.82, 2.24) is 0 Å². The van der Waals surface area contributed by atoms with Crippen molar-refractivity contribution in [3.63, 3.8) is 0 Å². The van der Waals surface area contributed by atoms with Crippen LogP contribution < -0.4 is 0 Å². The first-order valence-corrected chi connectivity index (χ1v) is 12.1. The third-order valence-corrected chi connectivity index (χ3v) is 6.28. The number of benzene rings is 4. The molecule has 0 unspecified atom stereocenters. The van der Waals surface area contributed by atoms with E-state index in [0.717, 1.165) is 35.4 Å². The Morgan fingerprint density at radius 1 is 0.548 bits per heavy atom. The van der Waals surface area contributed by atoms with E-state index in [9.17, 15) is 40.5 Å². The summed E-state index contributed by atoms with van der Waals surface area (Å²) in [7, 11) is 0. The molecular formula is C28H20N6O8. The van der Waals surface area contributed by atoms with Gasteiger partial charge in [-0.25, -0.2) is 0 Å². The van der Waals surface area contributed by atoms with Crippen molar-refractivity contribution in [3.8, 4) is 11.1 Å². The minimum Gasteiger partial charge on any atom is -0.258 e. The average molecular weight is 569 g/mol. The number of aliphatic imine (C=N–C) groups is 2. The Kier molecular flexibility index (Phi) is 8.17. The lowest BCUT2D eigenvalue weighted by atomic mass is 9.93. The van der Waals surface area contributed by atoms with Gasteiger partial charge in [0, 0.05) is 35.7 Å². The number of hydrogen-bond acceptors (Lipinski definition) is 10. The summed E-state index contributed by atoms with van der Waals surface area (Å²) in [6, 6.07) is 17.1. The summed E-state index contributed by atoms with van der Waals surface area (Å²) < 4.78 is 0. The molecule has 4 aromatic rings. The first-order valence-electron chi connectivity index (χ1n) is 12.1. The summed E-state index contributed by atoms with van der Waals surface area (Å²) in [4.78, 5) is 51.4. The highest BCUT2D eigenvalue weighted by Gasteiger charge is 2.21. The van der Waals surface area contributed by atoms with Crippen molar-refractivity contribution in [2.75, 3.05) is 0 Å². The van der Waals surface area contributed by atoms with Crippen molar-refractivity contribution in [1.29, 1.82) is 0 Å². The van der Waals surface area contributed by atoms with Gasteiger partial charge in [-0.2, -0.15) is 0 Å². The van der Waals surface area contributed by atoms with Crippen LogP contribution in [0, 0.1) is 54.3 Å². The molecule has 0 amide bonds. The largest absolute Gasteiger partial charge is 0.285 e. The van der Waals surface area contributed by atoms with Gasteiger partial charge in [0.1, 0.15) is 0 Å². The van der Waals surface area contributed by atoms with Gasteiger partial charge in [-0.15, -0.1) is 0 Å². The van der Waals surface area contributed by atoms with Crippen molar-refractivity contribution in [2.45, 2.75) is 13.8 Å². The van der Waals surface area contributed by atoms with E-state index in [4.69, 9.17) is 0 Å². The molecule has 14 heteroatoms. The topological polar surface area (TPSA) is 197 Å². The quantitative estimate of drug-likeness (QED) is 0.116. The fraction of sp³-hybridized carbons (Fsp3) is 0.0714. The van der Waals surface area contributed by atoms with E-state index in [1.807, 2.05) is 26.0 Å². The third kappa shape index (κ3) is 6.02. The van der Waals surface area contributed by atoms with Crippen LogP contribution in [0.5, 0.6) is 0 Å². The van der Waals surface area contributed by atoms with E-state index >= 15 is 0 Å². The number of non-ortho nitro benzene ring substituents is 2. The summed E-state index contributed by atoms with van der Waals surface area (Å²) in [5.41, 5.74) is 2.02. The van der Waals surface area contributed by atoms with E-state index in [-0.39, 0.29) is 11.1 Å². The Bertz CT molecular complexity index is 1700. The summed E-state index contributed by atoms with van der Waals surface area (Å²) in [5, 5.41) is 45.3. The van der Waals surface area contributed by atoms with Gasteiger partial charge in [-0.3, -0.25) is 50.4 Å². The van der Waals surface area contributed by atoms with E-state index in [1.165, 1.54) is 24.6 Å². The fourth-order valence-corrected chi connectivity index (χ4v) is 4.27. The normalized spacial score (nSPS) is 11.2. The molecule has 0 N–H and O–H groups in total. The zero-order valence-electron chi connectivity index (χ0n) is 22.0. The highest BCUT2D eigenvalue weighted by atomic mass is 16.6. The van der Waals surface area contributed by atoms with Gasteiger partial charge in [0.2, 0.25) is 0 Å². The monoisotopic (exact) mass is 568 g/mol. The minimum absolute atomic E-state index is 0.0616. The van der Waals surface area contributed by atoms with Crippen LogP contribution in [-0.2, 0) is 0 Å². The molecule has 210 valence electrons. The SMILES string of the molecule is Cc1cccc(N=Cc2ccc([N+](=O)[O-])cc2[N+](=O)[O-])c1-c1c(C)cccc1N=Cc1ccc([N+](=O)[O-])cc1[N+](=O)[O-]. The van der Waals surface area contributed by atoms with Crippen LogP contribution in [0.1, 0.15) is 22.3 Å². The smallest absolute Gasteiger partial charge is 0.258 e. The van der Waals surface area contributed by atoms with Gasteiger partial charge in [0.05, 0.1) is 54.3 Å². The average Bonchev–Trinajstić information content (AvgIpc) is 2.95. The van der Waals surface area contributed by atoms with Crippen molar-refractivity contribution >= 4 is 46.6 Å². The van der Waals surface area contributed by atoms with Crippen LogP contribution in [0.15, 0.2) is 82.8 Å². The number of rotatable bonds is 9. The lowest BCUT2D eigenvalue weighted by Gasteiger charge is -2.15. The van der Waals surface area contributed by atoms with Crippen LogP contribution in [0.4, 0.5) is 34.1 Å². The number of hydrogen-bond donors (Lipinski definition) is 0. The van der Waals surface area contributed by atoms with E-state index in [0.29, 0.717) is 22.5 Å². The second-order valence-corrected chi connectivity index (χ2v) is 8.97. The first kappa shape index (κ1) is 28.8. The molecule has 4 aromatic carbocycles. The molecule has 0 saturated heterocycles.